The molecule has 0 aliphatic rings. The Kier molecular flexibility index (Phi) is 6.96. The summed E-state index contributed by atoms with van der Waals surface area (Å²) in [6, 6.07) is 19.1. The van der Waals surface area contributed by atoms with Gasteiger partial charge in [-0.2, -0.15) is 0 Å². The highest BCUT2D eigenvalue weighted by molar-refractivity contribution is 6.00. The summed E-state index contributed by atoms with van der Waals surface area (Å²) in [5, 5.41) is 2.75. The Bertz CT molecular complexity index is 659. The van der Waals surface area contributed by atoms with Crippen molar-refractivity contribution in [2.24, 2.45) is 5.92 Å². The van der Waals surface area contributed by atoms with Gasteiger partial charge in [-0.3, -0.25) is 14.5 Å². The van der Waals surface area contributed by atoms with E-state index in [1.807, 2.05) is 67.6 Å². The van der Waals surface area contributed by atoms with E-state index in [0.717, 1.165) is 11.4 Å². The molecule has 0 aliphatic heterocycles. The molecule has 0 aromatic heterocycles. The van der Waals surface area contributed by atoms with Crippen LogP contribution < -0.4 is 10.2 Å². The molecule has 25 heavy (non-hydrogen) atoms. The van der Waals surface area contributed by atoms with Crippen LogP contribution in [0.25, 0.3) is 0 Å². The normalized spacial score (nSPS) is 11.4. The first-order chi connectivity index (χ1) is 12.1. The lowest BCUT2D eigenvalue weighted by Crippen LogP contribution is -2.30. The molecule has 130 valence electrons. The maximum Gasteiger partial charge on any atom is 0.231 e. The summed E-state index contributed by atoms with van der Waals surface area (Å²) in [6.07, 6.45) is 2.25. The predicted molar refractivity (Wildman–Crippen MR) is 102 cm³/mol. The highest BCUT2D eigenvalue weighted by Crippen LogP contribution is 2.27. The summed E-state index contributed by atoms with van der Waals surface area (Å²) in [7, 11) is 0. The van der Waals surface area contributed by atoms with E-state index in [1.165, 1.54) is 0 Å². The highest BCUT2D eigenvalue weighted by atomic mass is 16.2. The first kappa shape index (κ1) is 18.5. The number of benzene rings is 2. The molecule has 0 bridgehead atoms. The Labute approximate surface area is 149 Å². The first-order valence-electron chi connectivity index (χ1n) is 8.42. The third-order valence-electron chi connectivity index (χ3n) is 3.78. The number of carbonyl (C=O) groups excluding carboxylic acids is 2. The Hall–Kier alpha value is -2.88. The quantitative estimate of drug-likeness (QED) is 0.739. The molecule has 0 heterocycles. The lowest BCUT2D eigenvalue weighted by atomic mass is 10.0. The summed E-state index contributed by atoms with van der Waals surface area (Å²) in [6.45, 7) is 5.94. The topological polar surface area (TPSA) is 49.4 Å². The monoisotopic (exact) mass is 336 g/mol. The van der Waals surface area contributed by atoms with E-state index in [2.05, 4.69) is 11.9 Å². The summed E-state index contributed by atoms with van der Waals surface area (Å²) < 4.78 is 0. The molecule has 0 radical (unpaired) electrons. The number of nitrogens with one attached hydrogen (secondary N) is 1. The molecule has 1 N–H and O–H groups in total. The summed E-state index contributed by atoms with van der Waals surface area (Å²) in [5.74, 6) is -0.139. The van der Waals surface area contributed by atoms with Crippen molar-refractivity contribution < 1.29 is 9.59 Å². The molecule has 2 rings (SSSR count). The van der Waals surface area contributed by atoms with Gasteiger partial charge in [0.15, 0.2) is 0 Å². The second-order valence-corrected chi connectivity index (χ2v) is 6.01. The Morgan fingerprint density at radius 3 is 2.00 bits per heavy atom. The third kappa shape index (κ3) is 5.60. The molecule has 2 amide bonds. The van der Waals surface area contributed by atoms with Crippen molar-refractivity contribution in [3.63, 3.8) is 0 Å². The summed E-state index contributed by atoms with van der Waals surface area (Å²) in [4.78, 5) is 26.5. The van der Waals surface area contributed by atoms with Gasteiger partial charge in [-0.15, -0.1) is 6.58 Å². The van der Waals surface area contributed by atoms with E-state index in [1.54, 1.807) is 11.0 Å². The minimum atomic E-state index is -0.0637. The maximum atomic E-state index is 12.9. The van der Waals surface area contributed by atoms with Crippen molar-refractivity contribution in [1.29, 1.82) is 0 Å². The molecule has 0 saturated heterocycles. The second kappa shape index (κ2) is 9.42. The van der Waals surface area contributed by atoms with Crippen LogP contribution in [0.1, 0.15) is 19.8 Å². The number of amides is 2. The van der Waals surface area contributed by atoms with Gasteiger partial charge in [-0.25, -0.2) is 0 Å². The van der Waals surface area contributed by atoms with Gasteiger partial charge in [0.05, 0.1) is 0 Å². The number of para-hydroxylation sites is 2. The average molecular weight is 336 g/mol. The van der Waals surface area contributed by atoms with Crippen LogP contribution >= 0.6 is 0 Å². The van der Waals surface area contributed by atoms with Crippen LogP contribution in [0, 0.1) is 5.92 Å². The van der Waals surface area contributed by atoms with Crippen LogP contribution in [0.15, 0.2) is 73.3 Å². The summed E-state index contributed by atoms with van der Waals surface area (Å²) in [5.41, 5.74) is 1.64. The minimum Gasteiger partial charge on any atom is -0.353 e. The van der Waals surface area contributed by atoms with Gasteiger partial charge in [0.1, 0.15) is 0 Å². The molecule has 2 aromatic rings. The van der Waals surface area contributed by atoms with Crippen molar-refractivity contribution >= 4 is 23.2 Å². The van der Waals surface area contributed by atoms with Crippen molar-refractivity contribution in [2.75, 3.05) is 11.4 Å². The number of carbonyl (C=O) groups is 2. The molecule has 0 aliphatic carbocycles. The third-order valence-corrected chi connectivity index (χ3v) is 3.78. The molecule has 0 saturated carbocycles. The van der Waals surface area contributed by atoms with Gasteiger partial charge in [0, 0.05) is 30.8 Å². The molecule has 0 unspecified atom stereocenters. The van der Waals surface area contributed by atoms with E-state index in [4.69, 9.17) is 0 Å². The molecule has 0 spiro atoms. The highest BCUT2D eigenvalue weighted by Gasteiger charge is 2.21. The zero-order chi connectivity index (χ0) is 18.1. The number of nitrogens with zero attached hydrogens (tertiary/aromatic N) is 1. The van der Waals surface area contributed by atoms with E-state index in [9.17, 15) is 9.59 Å². The lowest BCUT2D eigenvalue weighted by molar-refractivity contribution is -0.122. The number of hydrogen-bond donors (Lipinski definition) is 1. The Morgan fingerprint density at radius 1 is 1.00 bits per heavy atom. The van der Waals surface area contributed by atoms with Gasteiger partial charge >= 0.3 is 0 Å². The van der Waals surface area contributed by atoms with Crippen molar-refractivity contribution in [3.05, 3.63) is 73.3 Å². The fraction of sp³-hybridized carbons (Fsp3) is 0.238. The average Bonchev–Trinajstić information content (AvgIpc) is 2.62. The van der Waals surface area contributed by atoms with E-state index >= 15 is 0 Å². The van der Waals surface area contributed by atoms with Crippen molar-refractivity contribution in [1.82, 2.24) is 5.32 Å². The van der Waals surface area contributed by atoms with Gasteiger partial charge in [-0.05, 0) is 30.2 Å². The first-order valence-corrected chi connectivity index (χ1v) is 8.42. The SMILES string of the molecule is C=CCNC(=O)C[C@H](C)CC(=O)N(c1ccccc1)c1ccccc1. The molecule has 4 heteroatoms. The van der Waals surface area contributed by atoms with Crippen LogP contribution in [0.2, 0.25) is 0 Å². The van der Waals surface area contributed by atoms with Crippen molar-refractivity contribution in [2.45, 2.75) is 19.8 Å². The van der Waals surface area contributed by atoms with E-state index in [-0.39, 0.29) is 17.7 Å². The minimum absolute atomic E-state index is 0.0265. The predicted octanol–water partition coefficient (Wildman–Crippen LogP) is 4.07. The summed E-state index contributed by atoms with van der Waals surface area (Å²) >= 11 is 0. The zero-order valence-electron chi connectivity index (χ0n) is 14.5. The Morgan fingerprint density at radius 2 is 1.52 bits per heavy atom. The number of hydrogen-bond acceptors (Lipinski definition) is 2. The number of rotatable bonds is 8. The van der Waals surface area contributed by atoms with Crippen molar-refractivity contribution in [3.8, 4) is 0 Å². The van der Waals surface area contributed by atoms with E-state index < -0.39 is 0 Å². The molecule has 1 atom stereocenters. The van der Waals surface area contributed by atoms with Gasteiger partial charge in [-0.1, -0.05) is 49.4 Å². The smallest absolute Gasteiger partial charge is 0.231 e. The number of anilines is 2. The largest absolute Gasteiger partial charge is 0.353 e. The van der Waals surface area contributed by atoms with Crippen LogP contribution in [-0.2, 0) is 9.59 Å². The fourth-order valence-corrected chi connectivity index (χ4v) is 2.63. The van der Waals surface area contributed by atoms with Crippen LogP contribution in [-0.4, -0.2) is 18.4 Å². The maximum absolute atomic E-state index is 12.9. The Balaban J connectivity index is 2.11. The molecule has 2 aromatic carbocycles. The van der Waals surface area contributed by atoms with Gasteiger partial charge in [0.2, 0.25) is 11.8 Å². The zero-order valence-corrected chi connectivity index (χ0v) is 14.5. The molecule has 4 nitrogen and oxygen atoms in total. The van der Waals surface area contributed by atoms with Gasteiger partial charge < -0.3 is 5.32 Å². The van der Waals surface area contributed by atoms with E-state index in [0.29, 0.717) is 19.4 Å². The lowest BCUT2D eigenvalue weighted by Gasteiger charge is -2.24. The van der Waals surface area contributed by atoms with Crippen LogP contribution in [0.5, 0.6) is 0 Å². The second-order valence-electron chi connectivity index (χ2n) is 6.01. The van der Waals surface area contributed by atoms with Crippen LogP contribution in [0.4, 0.5) is 11.4 Å². The van der Waals surface area contributed by atoms with Crippen LogP contribution in [0.3, 0.4) is 0 Å². The fourth-order valence-electron chi connectivity index (χ4n) is 2.63. The molecular weight excluding hydrogens is 312 g/mol. The standard InChI is InChI=1S/C21H24N2O2/c1-3-14-22-20(24)15-17(2)16-21(25)23(18-10-6-4-7-11-18)19-12-8-5-9-13-19/h3-13,17H,1,14-16H2,2H3,(H,22,24)/t17-/m0/s1. The molecule has 0 fully saturated rings. The van der Waals surface area contributed by atoms with Gasteiger partial charge in [0.25, 0.3) is 0 Å². The molecular formula is C21H24N2O2.